The third-order valence-electron chi connectivity index (χ3n) is 2.06. The Labute approximate surface area is 88.5 Å². The molecule has 0 aliphatic heterocycles. The lowest BCUT2D eigenvalue weighted by Crippen LogP contribution is -2.08. The van der Waals surface area contributed by atoms with Gasteiger partial charge in [0.15, 0.2) is 9.84 Å². The number of benzene rings is 1. The smallest absolute Gasteiger partial charge is 0.178 e. The quantitative estimate of drug-likeness (QED) is 0.796. The molecule has 0 aromatic heterocycles. The molecule has 0 aliphatic carbocycles. The lowest BCUT2D eigenvalue weighted by atomic mass is 10.2. The van der Waals surface area contributed by atoms with Crippen molar-refractivity contribution in [1.82, 2.24) is 0 Å². The second kappa shape index (κ2) is 4.72. The molecule has 1 rings (SSSR count). The summed E-state index contributed by atoms with van der Waals surface area (Å²) in [6, 6.07) is 3.69. The third-order valence-corrected chi connectivity index (χ3v) is 3.86. The van der Waals surface area contributed by atoms with Gasteiger partial charge in [0.25, 0.3) is 0 Å². The van der Waals surface area contributed by atoms with E-state index in [2.05, 4.69) is 0 Å². The van der Waals surface area contributed by atoms with Crippen LogP contribution in [-0.2, 0) is 9.84 Å². The Morgan fingerprint density at radius 3 is 2.60 bits per heavy atom. The molecule has 0 aliphatic rings. The normalized spacial score (nSPS) is 11.7. The molecular weight excluding hydrogens is 219 g/mol. The molecule has 1 N–H and O–H groups in total. The molecule has 0 heterocycles. The number of sulfone groups is 1. The van der Waals surface area contributed by atoms with Crippen molar-refractivity contribution in [2.24, 2.45) is 0 Å². The molecule has 84 valence electrons. The zero-order valence-electron chi connectivity index (χ0n) is 8.40. The van der Waals surface area contributed by atoms with Crippen molar-refractivity contribution in [2.45, 2.75) is 18.2 Å². The second-order valence-corrected chi connectivity index (χ2v) is 5.42. The molecule has 0 atom stereocenters. The maximum absolute atomic E-state index is 12.9. The van der Waals surface area contributed by atoms with Crippen LogP contribution in [0.5, 0.6) is 0 Å². The van der Waals surface area contributed by atoms with E-state index < -0.39 is 15.7 Å². The van der Waals surface area contributed by atoms with Gasteiger partial charge in [0, 0.05) is 6.61 Å². The first-order valence-corrected chi connectivity index (χ1v) is 6.22. The van der Waals surface area contributed by atoms with Gasteiger partial charge in [-0.3, -0.25) is 0 Å². The molecule has 1 aromatic rings. The van der Waals surface area contributed by atoms with Gasteiger partial charge in [-0.1, -0.05) is 0 Å². The van der Waals surface area contributed by atoms with E-state index in [1.165, 1.54) is 19.1 Å². The van der Waals surface area contributed by atoms with Crippen molar-refractivity contribution in [1.29, 1.82) is 0 Å². The number of hydrogen-bond donors (Lipinski definition) is 1. The lowest BCUT2D eigenvalue weighted by Gasteiger charge is -2.04. The minimum atomic E-state index is -3.39. The van der Waals surface area contributed by atoms with Gasteiger partial charge in [0.05, 0.1) is 10.6 Å². The van der Waals surface area contributed by atoms with Gasteiger partial charge >= 0.3 is 0 Å². The minimum absolute atomic E-state index is 0.106. The van der Waals surface area contributed by atoms with E-state index in [1.54, 1.807) is 0 Å². The Morgan fingerprint density at radius 2 is 2.07 bits per heavy atom. The Morgan fingerprint density at radius 1 is 1.40 bits per heavy atom. The second-order valence-electron chi connectivity index (χ2n) is 3.31. The molecule has 5 heteroatoms. The molecule has 1 aromatic carbocycles. The molecule has 0 unspecified atom stereocenters. The van der Waals surface area contributed by atoms with Crippen LogP contribution in [0.4, 0.5) is 4.39 Å². The van der Waals surface area contributed by atoms with E-state index in [-0.39, 0.29) is 23.7 Å². The van der Waals surface area contributed by atoms with Crippen LogP contribution in [-0.4, -0.2) is 25.9 Å². The summed E-state index contributed by atoms with van der Waals surface area (Å²) in [4.78, 5) is 0.106. The van der Waals surface area contributed by atoms with Gasteiger partial charge in [0.1, 0.15) is 5.82 Å². The lowest BCUT2D eigenvalue weighted by molar-refractivity contribution is 0.295. The Bertz CT molecular complexity index is 440. The molecule has 0 bridgehead atoms. The highest BCUT2D eigenvalue weighted by Crippen LogP contribution is 2.16. The number of halogens is 1. The van der Waals surface area contributed by atoms with Crippen LogP contribution in [0.15, 0.2) is 23.1 Å². The third kappa shape index (κ3) is 3.00. The van der Waals surface area contributed by atoms with Gasteiger partial charge in [-0.2, -0.15) is 0 Å². The van der Waals surface area contributed by atoms with Crippen molar-refractivity contribution in [3.8, 4) is 0 Å². The van der Waals surface area contributed by atoms with Crippen molar-refractivity contribution < 1.29 is 17.9 Å². The van der Waals surface area contributed by atoms with Crippen molar-refractivity contribution in [3.63, 3.8) is 0 Å². The Balaban J connectivity index is 3.00. The summed E-state index contributed by atoms with van der Waals surface area (Å²) >= 11 is 0. The molecule has 0 amide bonds. The maximum atomic E-state index is 12.9. The van der Waals surface area contributed by atoms with Crippen LogP contribution in [0.3, 0.4) is 0 Å². The van der Waals surface area contributed by atoms with Gasteiger partial charge in [-0.05, 0) is 37.1 Å². The fraction of sp³-hybridized carbons (Fsp3) is 0.400. The van der Waals surface area contributed by atoms with Crippen LogP contribution in [0.1, 0.15) is 12.0 Å². The zero-order valence-corrected chi connectivity index (χ0v) is 9.22. The SMILES string of the molecule is Cc1cc(S(=O)(=O)CCCO)ccc1F. The molecule has 15 heavy (non-hydrogen) atoms. The van der Waals surface area contributed by atoms with Crippen LogP contribution in [0, 0.1) is 12.7 Å². The largest absolute Gasteiger partial charge is 0.396 e. The highest BCUT2D eigenvalue weighted by atomic mass is 32.2. The van der Waals surface area contributed by atoms with Gasteiger partial charge in [-0.25, -0.2) is 12.8 Å². The summed E-state index contributed by atoms with van der Waals surface area (Å²) in [5.74, 6) is -0.537. The topological polar surface area (TPSA) is 54.4 Å². The zero-order chi connectivity index (χ0) is 11.5. The highest BCUT2D eigenvalue weighted by Gasteiger charge is 2.14. The van der Waals surface area contributed by atoms with E-state index in [4.69, 9.17) is 5.11 Å². The monoisotopic (exact) mass is 232 g/mol. The van der Waals surface area contributed by atoms with E-state index in [0.717, 1.165) is 6.07 Å². The summed E-state index contributed by atoms with van der Waals surface area (Å²) in [6.45, 7) is 1.35. The molecule has 0 spiro atoms. The predicted molar refractivity (Wildman–Crippen MR) is 54.9 cm³/mol. The fourth-order valence-corrected chi connectivity index (χ4v) is 2.56. The Kier molecular flexibility index (Phi) is 3.82. The van der Waals surface area contributed by atoms with Crippen molar-refractivity contribution in [2.75, 3.05) is 12.4 Å². The molecular formula is C10H13FO3S. The molecule has 0 radical (unpaired) electrons. The predicted octanol–water partition coefficient (Wildman–Crippen LogP) is 1.29. The van der Waals surface area contributed by atoms with E-state index in [1.807, 2.05) is 0 Å². The van der Waals surface area contributed by atoms with Crippen molar-refractivity contribution >= 4 is 9.84 Å². The number of aryl methyl sites for hydroxylation is 1. The minimum Gasteiger partial charge on any atom is -0.396 e. The summed E-state index contributed by atoms with van der Waals surface area (Å²) in [5, 5.41) is 8.55. The van der Waals surface area contributed by atoms with E-state index in [0.29, 0.717) is 5.56 Å². The Hall–Kier alpha value is -0.940. The summed E-state index contributed by atoms with van der Waals surface area (Å²) in [7, 11) is -3.39. The van der Waals surface area contributed by atoms with Gasteiger partial charge in [0.2, 0.25) is 0 Å². The number of rotatable bonds is 4. The molecule has 3 nitrogen and oxygen atoms in total. The first-order chi connectivity index (χ1) is 6.97. The van der Waals surface area contributed by atoms with Gasteiger partial charge < -0.3 is 5.11 Å². The first-order valence-electron chi connectivity index (χ1n) is 4.57. The summed E-state index contributed by atoms with van der Waals surface area (Å²) < 4.78 is 36.1. The molecule has 0 fully saturated rings. The van der Waals surface area contributed by atoms with Crippen LogP contribution >= 0.6 is 0 Å². The van der Waals surface area contributed by atoms with Crippen LogP contribution in [0.25, 0.3) is 0 Å². The summed E-state index contributed by atoms with van der Waals surface area (Å²) in [5.41, 5.74) is 0.306. The van der Waals surface area contributed by atoms with E-state index in [9.17, 15) is 12.8 Å². The van der Waals surface area contributed by atoms with Gasteiger partial charge in [-0.15, -0.1) is 0 Å². The van der Waals surface area contributed by atoms with E-state index >= 15 is 0 Å². The maximum Gasteiger partial charge on any atom is 0.178 e. The average Bonchev–Trinajstić information content (AvgIpc) is 2.19. The van der Waals surface area contributed by atoms with Crippen LogP contribution < -0.4 is 0 Å². The number of aliphatic hydroxyl groups excluding tert-OH is 1. The molecule has 0 saturated carbocycles. The standard InChI is InChI=1S/C10H13FO3S/c1-8-7-9(3-4-10(8)11)15(13,14)6-2-5-12/h3-4,7,12H,2,5-6H2,1H3. The first kappa shape index (κ1) is 12.1. The molecule has 0 saturated heterocycles. The van der Waals surface area contributed by atoms with Crippen molar-refractivity contribution in [3.05, 3.63) is 29.6 Å². The number of hydrogen-bond acceptors (Lipinski definition) is 3. The van der Waals surface area contributed by atoms with Crippen LogP contribution in [0.2, 0.25) is 0 Å². The summed E-state index contributed by atoms with van der Waals surface area (Å²) in [6.07, 6.45) is 0.193. The average molecular weight is 232 g/mol. The fourth-order valence-electron chi connectivity index (χ4n) is 1.18. The number of aliphatic hydroxyl groups is 1. The highest BCUT2D eigenvalue weighted by molar-refractivity contribution is 7.91.